The summed E-state index contributed by atoms with van der Waals surface area (Å²) >= 11 is 0. The third-order valence-corrected chi connectivity index (χ3v) is 4.42. The van der Waals surface area contributed by atoms with Crippen LogP contribution in [0, 0.1) is 10.8 Å². The van der Waals surface area contributed by atoms with Crippen LogP contribution in [0.1, 0.15) is 68.2 Å². The minimum atomic E-state index is -0.721. The summed E-state index contributed by atoms with van der Waals surface area (Å²) in [5, 5.41) is 0. The van der Waals surface area contributed by atoms with Gasteiger partial charge in [-0.3, -0.25) is 0 Å². The van der Waals surface area contributed by atoms with E-state index < -0.39 is 5.79 Å². The van der Waals surface area contributed by atoms with Crippen LogP contribution in [0.4, 0.5) is 0 Å². The normalized spacial score (nSPS) is 24.8. The fraction of sp³-hybridized carbons (Fsp3) is 0.636. The zero-order valence-corrected chi connectivity index (χ0v) is 16.7. The van der Waals surface area contributed by atoms with E-state index in [9.17, 15) is 0 Å². The van der Waals surface area contributed by atoms with Crippen molar-refractivity contribution in [3.8, 4) is 0 Å². The molecule has 0 fully saturated rings. The van der Waals surface area contributed by atoms with Gasteiger partial charge in [-0.2, -0.15) is 0 Å². The maximum absolute atomic E-state index is 6.49. The molecule has 2 rings (SSSR count). The molecule has 0 aromatic carbocycles. The highest BCUT2D eigenvalue weighted by atomic mass is 16.7. The molecule has 2 nitrogen and oxygen atoms in total. The second-order valence-electron chi connectivity index (χ2n) is 9.19. The van der Waals surface area contributed by atoms with Crippen LogP contribution in [0.5, 0.6) is 0 Å². The van der Waals surface area contributed by atoms with E-state index in [0.717, 1.165) is 18.6 Å². The van der Waals surface area contributed by atoms with Gasteiger partial charge in [0.05, 0.1) is 6.10 Å². The Morgan fingerprint density at radius 1 is 1.00 bits per heavy atom. The van der Waals surface area contributed by atoms with Crippen molar-refractivity contribution in [3.05, 3.63) is 47.3 Å². The van der Waals surface area contributed by atoms with Crippen LogP contribution in [0.3, 0.4) is 0 Å². The van der Waals surface area contributed by atoms with Gasteiger partial charge >= 0.3 is 0 Å². The van der Waals surface area contributed by atoms with Crippen molar-refractivity contribution in [2.24, 2.45) is 10.8 Å². The molecule has 0 N–H and O–H groups in total. The monoisotopic (exact) mass is 330 g/mol. The lowest BCUT2D eigenvalue weighted by Gasteiger charge is -2.45. The Balaban J connectivity index is 2.50. The van der Waals surface area contributed by atoms with Gasteiger partial charge in [0.1, 0.15) is 5.76 Å². The molecular weight excluding hydrogens is 296 g/mol. The fourth-order valence-corrected chi connectivity index (χ4v) is 3.30. The molecular formula is C22H34O2. The van der Waals surface area contributed by atoms with Crippen molar-refractivity contribution in [3.63, 3.8) is 0 Å². The van der Waals surface area contributed by atoms with E-state index in [1.54, 1.807) is 0 Å². The molecule has 0 aromatic heterocycles. The smallest absolute Gasteiger partial charge is 0.237 e. The lowest BCUT2D eigenvalue weighted by Crippen LogP contribution is -2.45. The first kappa shape index (κ1) is 19.1. The van der Waals surface area contributed by atoms with Crippen molar-refractivity contribution >= 4 is 0 Å². The maximum atomic E-state index is 6.49. The van der Waals surface area contributed by atoms with Crippen LogP contribution in [-0.2, 0) is 9.47 Å². The van der Waals surface area contributed by atoms with Gasteiger partial charge in [-0.15, -0.1) is 0 Å². The predicted octanol–water partition coefficient (Wildman–Crippen LogP) is 6.32. The highest BCUT2D eigenvalue weighted by Gasteiger charge is 2.46. The summed E-state index contributed by atoms with van der Waals surface area (Å²) in [5.74, 6) is 0.195. The molecule has 134 valence electrons. The zero-order valence-electron chi connectivity index (χ0n) is 16.7. The van der Waals surface area contributed by atoms with Gasteiger partial charge in [0.15, 0.2) is 0 Å². The van der Waals surface area contributed by atoms with E-state index in [4.69, 9.17) is 9.47 Å². The van der Waals surface area contributed by atoms with Gasteiger partial charge in [-0.25, -0.2) is 0 Å². The third-order valence-electron chi connectivity index (χ3n) is 4.42. The maximum Gasteiger partial charge on any atom is 0.237 e. The largest absolute Gasteiger partial charge is 0.458 e. The Bertz CT molecular complexity index is 588. The molecule has 2 aliphatic carbocycles. The van der Waals surface area contributed by atoms with Gasteiger partial charge in [0, 0.05) is 12.0 Å². The summed E-state index contributed by atoms with van der Waals surface area (Å²) < 4.78 is 12.9. The SMILES string of the molecule is CC(C)OC1(OC2=CCC=C2)CC=C(C(C)(C)C)C=C1C(C)(C)C. The summed E-state index contributed by atoms with van der Waals surface area (Å²) in [6.07, 6.45) is 12.7. The number of rotatable bonds is 4. The van der Waals surface area contributed by atoms with Gasteiger partial charge in [0.2, 0.25) is 5.79 Å². The molecule has 0 saturated carbocycles. The summed E-state index contributed by atoms with van der Waals surface area (Å²) in [6.45, 7) is 17.7. The first-order valence-corrected chi connectivity index (χ1v) is 9.11. The molecule has 0 aromatic rings. The van der Waals surface area contributed by atoms with E-state index in [1.807, 2.05) is 0 Å². The van der Waals surface area contributed by atoms with E-state index in [1.165, 1.54) is 11.1 Å². The Morgan fingerprint density at radius 3 is 2.12 bits per heavy atom. The van der Waals surface area contributed by atoms with Crippen molar-refractivity contribution in [1.29, 1.82) is 0 Å². The average molecular weight is 331 g/mol. The Kier molecular flexibility index (Phi) is 5.20. The van der Waals surface area contributed by atoms with E-state index in [2.05, 4.69) is 85.8 Å². The van der Waals surface area contributed by atoms with Crippen molar-refractivity contribution in [2.75, 3.05) is 0 Å². The molecule has 0 amide bonds. The fourth-order valence-electron chi connectivity index (χ4n) is 3.30. The summed E-state index contributed by atoms with van der Waals surface area (Å²) in [5.41, 5.74) is 2.66. The number of allylic oxidation sites excluding steroid dienone is 5. The number of hydrogen-bond acceptors (Lipinski definition) is 2. The summed E-state index contributed by atoms with van der Waals surface area (Å²) in [7, 11) is 0. The van der Waals surface area contributed by atoms with Crippen LogP contribution in [0.2, 0.25) is 0 Å². The Hall–Kier alpha value is -1.28. The second kappa shape index (κ2) is 6.55. The van der Waals surface area contributed by atoms with Crippen molar-refractivity contribution < 1.29 is 9.47 Å². The van der Waals surface area contributed by atoms with Gasteiger partial charge in [-0.1, -0.05) is 59.8 Å². The Morgan fingerprint density at radius 2 is 1.67 bits per heavy atom. The first-order chi connectivity index (χ1) is 10.9. The molecule has 0 aliphatic heterocycles. The summed E-state index contributed by atoms with van der Waals surface area (Å²) in [4.78, 5) is 0. The molecule has 2 heteroatoms. The van der Waals surface area contributed by atoms with Crippen LogP contribution >= 0.6 is 0 Å². The van der Waals surface area contributed by atoms with Crippen molar-refractivity contribution in [2.45, 2.75) is 80.1 Å². The quantitative estimate of drug-likeness (QED) is 0.562. The van der Waals surface area contributed by atoms with Gasteiger partial charge in [-0.05, 0) is 48.8 Å². The lowest BCUT2D eigenvalue weighted by molar-refractivity contribution is -0.211. The molecule has 1 atom stereocenters. The highest BCUT2D eigenvalue weighted by molar-refractivity contribution is 5.40. The van der Waals surface area contributed by atoms with Gasteiger partial charge < -0.3 is 9.47 Å². The van der Waals surface area contributed by atoms with E-state index >= 15 is 0 Å². The zero-order chi connectivity index (χ0) is 18.2. The molecule has 0 bridgehead atoms. The summed E-state index contributed by atoms with van der Waals surface area (Å²) in [6, 6.07) is 0. The number of ether oxygens (including phenoxy) is 2. The molecule has 24 heavy (non-hydrogen) atoms. The highest BCUT2D eigenvalue weighted by Crippen LogP contribution is 2.47. The predicted molar refractivity (Wildman–Crippen MR) is 102 cm³/mol. The molecule has 1 unspecified atom stereocenters. The van der Waals surface area contributed by atoms with Gasteiger partial charge in [0.25, 0.3) is 0 Å². The lowest BCUT2D eigenvalue weighted by atomic mass is 9.72. The average Bonchev–Trinajstić information content (AvgIpc) is 2.88. The van der Waals surface area contributed by atoms with Crippen LogP contribution in [-0.4, -0.2) is 11.9 Å². The van der Waals surface area contributed by atoms with E-state index in [-0.39, 0.29) is 16.9 Å². The molecule has 0 heterocycles. The Labute approximate surface area is 148 Å². The van der Waals surface area contributed by atoms with Crippen LogP contribution < -0.4 is 0 Å². The molecule has 0 spiro atoms. The molecule has 0 saturated heterocycles. The third kappa shape index (κ3) is 4.22. The first-order valence-electron chi connectivity index (χ1n) is 9.11. The number of hydrogen-bond donors (Lipinski definition) is 0. The molecule has 0 radical (unpaired) electrons. The minimum absolute atomic E-state index is 0.0392. The van der Waals surface area contributed by atoms with E-state index in [0.29, 0.717) is 0 Å². The minimum Gasteiger partial charge on any atom is -0.458 e. The topological polar surface area (TPSA) is 18.5 Å². The molecule has 2 aliphatic rings. The van der Waals surface area contributed by atoms with Crippen molar-refractivity contribution in [1.82, 2.24) is 0 Å². The second-order valence-corrected chi connectivity index (χ2v) is 9.19. The standard InChI is InChI=1S/C22H34O2/c1-16(2)23-22(24-18-11-9-10-12-18)14-13-17(20(3,4)5)15-19(22)21(6,7)8/h9,11-13,15-16H,10,14H2,1-8H3. The van der Waals surface area contributed by atoms with Crippen LogP contribution in [0.25, 0.3) is 0 Å². The van der Waals surface area contributed by atoms with Crippen LogP contribution in [0.15, 0.2) is 47.3 Å².